The van der Waals surface area contributed by atoms with E-state index in [1.165, 1.54) is 24.9 Å². The number of thioether (sulfide) groups is 1. The molecule has 12 heteroatoms. The van der Waals surface area contributed by atoms with E-state index in [1.807, 2.05) is 6.92 Å². The van der Waals surface area contributed by atoms with Crippen molar-refractivity contribution in [1.82, 2.24) is 4.98 Å². The number of alkyl halides is 3. The zero-order valence-corrected chi connectivity index (χ0v) is 16.2. The highest BCUT2D eigenvalue weighted by atomic mass is 35.5. The monoisotopic (exact) mass is 434 g/mol. The van der Waals surface area contributed by atoms with Crippen molar-refractivity contribution in [3.8, 4) is 0 Å². The van der Waals surface area contributed by atoms with Crippen LogP contribution in [0.2, 0.25) is 5.02 Å². The van der Waals surface area contributed by atoms with Crippen LogP contribution in [0.3, 0.4) is 0 Å². The van der Waals surface area contributed by atoms with Crippen LogP contribution >= 0.6 is 23.4 Å². The average Bonchev–Trinajstić information content (AvgIpc) is 2.60. The second kappa shape index (κ2) is 8.23. The molecule has 0 saturated heterocycles. The van der Waals surface area contributed by atoms with Gasteiger partial charge in [-0.2, -0.15) is 13.2 Å². The molecule has 0 radical (unpaired) electrons. The van der Waals surface area contributed by atoms with Crippen LogP contribution in [0.4, 0.5) is 30.4 Å². The fraction of sp³-hybridized carbons (Fsp3) is 0.250. The lowest BCUT2D eigenvalue weighted by Crippen LogP contribution is -2.29. The number of carbonyl (C=O) groups excluding carboxylic acids is 1. The van der Waals surface area contributed by atoms with Crippen LogP contribution in [-0.2, 0) is 6.18 Å². The standard InChI is InChI=1S/C16H14ClF3N4O3S/c1-3-28-13-6-10(17)12(24(26)27)5-9(13)15(25)23(2)14-11(21)4-8(7-22-14)16(18,19)20/h4-7H,3,21H2,1-2H3. The van der Waals surface area contributed by atoms with Crippen molar-refractivity contribution in [2.24, 2.45) is 0 Å². The van der Waals surface area contributed by atoms with Gasteiger partial charge in [0.25, 0.3) is 11.6 Å². The Morgan fingerprint density at radius 2 is 2.04 bits per heavy atom. The Kier molecular flexibility index (Phi) is 6.40. The molecule has 2 N–H and O–H groups in total. The van der Waals surface area contributed by atoms with Gasteiger partial charge in [-0.1, -0.05) is 18.5 Å². The Hall–Kier alpha value is -2.53. The van der Waals surface area contributed by atoms with E-state index in [9.17, 15) is 28.1 Å². The maximum atomic E-state index is 12.9. The van der Waals surface area contributed by atoms with Crippen LogP contribution in [0.1, 0.15) is 22.8 Å². The Balaban J connectivity index is 2.50. The van der Waals surface area contributed by atoms with E-state index in [4.69, 9.17) is 17.3 Å². The molecule has 0 saturated carbocycles. The zero-order valence-electron chi connectivity index (χ0n) is 14.6. The van der Waals surface area contributed by atoms with Crippen LogP contribution in [-0.4, -0.2) is 28.6 Å². The number of amides is 1. The van der Waals surface area contributed by atoms with Gasteiger partial charge in [-0.05, 0) is 17.9 Å². The number of hydrogen-bond donors (Lipinski definition) is 1. The molecule has 28 heavy (non-hydrogen) atoms. The van der Waals surface area contributed by atoms with Gasteiger partial charge >= 0.3 is 6.18 Å². The first-order valence-corrected chi connectivity index (χ1v) is 9.05. The van der Waals surface area contributed by atoms with Gasteiger partial charge in [-0.3, -0.25) is 19.8 Å². The number of nitro benzene ring substituents is 1. The molecule has 150 valence electrons. The molecular formula is C16H14ClF3N4O3S. The topological polar surface area (TPSA) is 102 Å². The molecule has 0 fully saturated rings. The van der Waals surface area contributed by atoms with Crippen molar-refractivity contribution in [1.29, 1.82) is 0 Å². The molecule has 1 heterocycles. The lowest BCUT2D eigenvalue weighted by atomic mass is 10.1. The molecule has 0 spiro atoms. The third-order valence-corrected chi connectivity index (χ3v) is 4.86. The number of carbonyl (C=O) groups is 1. The molecule has 0 aliphatic carbocycles. The van der Waals surface area contributed by atoms with Crippen molar-refractivity contribution in [2.45, 2.75) is 18.0 Å². The highest BCUT2D eigenvalue weighted by molar-refractivity contribution is 7.99. The van der Waals surface area contributed by atoms with Gasteiger partial charge in [-0.25, -0.2) is 4.98 Å². The molecule has 7 nitrogen and oxygen atoms in total. The summed E-state index contributed by atoms with van der Waals surface area (Å²) in [4.78, 5) is 28.3. The molecule has 0 aliphatic rings. The predicted molar refractivity (Wildman–Crippen MR) is 101 cm³/mol. The van der Waals surface area contributed by atoms with Crippen molar-refractivity contribution in [3.05, 3.63) is 50.7 Å². The van der Waals surface area contributed by atoms with Crippen molar-refractivity contribution in [3.63, 3.8) is 0 Å². The maximum Gasteiger partial charge on any atom is 0.417 e. The number of nitrogen functional groups attached to an aromatic ring is 1. The molecule has 0 aliphatic heterocycles. The van der Waals surface area contributed by atoms with E-state index in [1.54, 1.807) is 0 Å². The van der Waals surface area contributed by atoms with E-state index < -0.39 is 28.3 Å². The van der Waals surface area contributed by atoms with E-state index in [-0.39, 0.29) is 22.1 Å². The SMILES string of the molecule is CCSc1cc(Cl)c([N+](=O)[O-])cc1C(=O)N(C)c1ncc(C(F)(F)F)cc1N. The van der Waals surface area contributed by atoms with Gasteiger partial charge < -0.3 is 5.73 Å². The van der Waals surface area contributed by atoms with Gasteiger partial charge in [0.1, 0.15) is 5.02 Å². The Labute approximate surface area is 166 Å². The van der Waals surface area contributed by atoms with Crippen LogP contribution in [0.5, 0.6) is 0 Å². The number of nitrogens with zero attached hydrogens (tertiary/aromatic N) is 3. The van der Waals surface area contributed by atoms with Crippen LogP contribution < -0.4 is 10.6 Å². The number of pyridine rings is 1. The minimum absolute atomic E-state index is 0.0356. The van der Waals surface area contributed by atoms with E-state index >= 15 is 0 Å². The zero-order chi connectivity index (χ0) is 21.2. The number of halogens is 4. The van der Waals surface area contributed by atoms with E-state index in [0.717, 1.165) is 11.0 Å². The lowest BCUT2D eigenvalue weighted by molar-refractivity contribution is -0.384. The van der Waals surface area contributed by atoms with Crippen LogP contribution in [0.25, 0.3) is 0 Å². The fourth-order valence-corrected chi connectivity index (χ4v) is 3.42. The molecule has 2 aromatic rings. The quantitative estimate of drug-likeness (QED) is 0.418. The lowest BCUT2D eigenvalue weighted by Gasteiger charge is -2.20. The number of hydrogen-bond acceptors (Lipinski definition) is 6. The van der Waals surface area contributed by atoms with Gasteiger partial charge in [0.2, 0.25) is 0 Å². The van der Waals surface area contributed by atoms with Gasteiger partial charge in [-0.15, -0.1) is 11.8 Å². The summed E-state index contributed by atoms with van der Waals surface area (Å²) in [5.74, 6) is -0.378. The number of anilines is 2. The molecule has 1 amide bonds. The highest BCUT2D eigenvalue weighted by Gasteiger charge is 2.32. The number of nitro groups is 1. The third kappa shape index (κ3) is 4.47. The predicted octanol–water partition coefficient (Wildman–Crippen LogP) is 4.63. The Morgan fingerprint density at radius 3 is 2.54 bits per heavy atom. The molecule has 1 aromatic carbocycles. The molecule has 0 atom stereocenters. The Morgan fingerprint density at radius 1 is 1.39 bits per heavy atom. The number of benzene rings is 1. The first kappa shape index (κ1) is 21.8. The van der Waals surface area contributed by atoms with Gasteiger partial charge in [0.05, 0.1) is 21.7 Å². The molecule has 0 unspecified atom stereocenters. The summed E-state index contributed by atoms with van der Waals surface area (Å²) in [6.07, 6.45) is -4.08. The highest BCUT2D eigenvalue weighted by Crippen LogP contribution is 2.36. The smallest absolute Gasteiger partial charge is 0.396 e. The largest absolute Gasteiger partial charge is 0.417 e. The van der Waals surface area contributed by atoms with Crippen LogP contribution in [0, 0.1) is 10.1 Å². The van der Waals surface area contributed by atoms with Crippen molar-refractivity contribution in [2.75, 3.05) is 23.4 Å². The Bertz CT molecular complexity index is 940. The normalized spacial score (nSPS) is 11.4. The first-order chi connectivity index (χ1) is 13.0. The number of aromatic nitrogens is 1. The van der Waals surface area contributed by atoms with Gasteiger partial charge in [0.15, 0.2) is 5.82 Å². The number of nitrogens with two attached hydrogens (primary N) is 1. The van der Waals surface area contributed by atoms with Crippen molar-refractivity contribution >= 4 is 46.5 Å². The number of rotatable bonds is 5. The summed E-state index contributed by atoms with van der Waals surface area (Å²) in [7, 11) is 1.26. The summed E-state index contributed by atoms with van der Waals surface area (Å²) in [6.45, 7) is 1.81. The van der Waals surface area contributed by atoms with Gasteiger partial charge in [0, 0.05) is 24.2 Å². The van der Waals surface area contributed by atoms with E-state index in [2.05, 4.69) is 4.98 Å². The van der Waals surface area contributed by atoms with Crippen LogP contribution in [0.15, 0.2) is 29.3 Å². The average molecular weight is 435 g/mol. The molecule has 0 bridgehead atoms. The summed E-state index contributed by atoms with van der Waals surface area (Å²) in [5, 5.41) is 11.0. The second-order valence-corrected chi connectivity index (χ2v) is 7.20. The minimum atomic E-state index is -4.63. The third-order valence-electron chi connectivity index (χ3n) is 3.62. The fourth-order valence-electron chi connectivity index (χ4n) is 2.31. The first-order valence-electron chi connectivity index (χ1n) is 7.68. The minimum Gasteiger partial charge on any atom is -0.396 e. The molecular weight excluding hydrogens is 421 g/mol. The second-order valence-electron chi connectivity index (χ2n) is 5.49. The molecule has 2 rings (SSSR count). The molecule has 1 aromatic heterocycles. The summed E-state index contributed by atoms with van der Waals surface area (Å²) in [6, 6.07) is 3.00. The maximum absolute atomic E-state index is 12.9. The van der Waals surface area contributed by atoms with Crippen molar-refractivity contribution < 1.29 is 22.9 Å². The summed E-state index contributed by atoms with van der Waals surface area (Å²) < 4.78 is 38.3. The summed E-state index contributed by atoms with van der Waals surface area (Å²) >= 11 is 7.13. The van der Waals surface area contributed by atoms with E-state index in [0.29, 0.717) is 22.9 Å². The summed E-state index contributed by atoms with van der Waals surface area (Å²) in [5.41, 5.74) is 3.72.